The van der Waals surface area contributed by atoms with Gasteiger partial charge >= 0.3 is 0 Å². The van der Waals surface area contributed by atoms with Crippen LogP contribution >= 0.6 is 0 Å². The third-order valence-electron chi connectivity index (χ3n) is 3.27. The maximum absolute atomic E-state index is 12.1. The Hall–Kier alpha value is -3.33. The molecule has 0 saturated heterocycles. The van der Waals surface area contributed by atoms with E-state index in [1.807, 2.05) is 6.07 Å². The normalized spacial score (nSPS) is 11.1. The van der Waals surface area contributed by atoms with Crippen LogP contribution in [0.5, 0.6) is 5.75 Å². The molecule has 0 aromatic heterocycles. The van der Waals surface area contributed by atoms with E-state index in [9.17, 15) is 9.59 Å². The van der Waals surface area contributed by atoms with E-state index in [1.54, 1.807) is 55.6 Å². The zero-order valence-electron chi connectivity index (χ0n) is 12.4. The minimum Gasteiger partial charge on any atom is -0.497 e. The summed E-state index contributed by atoms with van der Waals surface area (Å²) in [7, 11) is 1.55. The zero-order chi connectivity index (χ0) is 16.8. The van der Waals surface area contributed by atoms with Crippen molar-refractivity contribution in [2.75, 3.05) is 12.4 Å². The molecule has 0 heterocycles. The molecule has 6 heteroatoms. The number of nitrogens with one attached hydrogen (secondary N) is 1. The topological polar surface area (TPSA) is 105 Å². The van der Waals surface area contributed by atoms with E-state index in [-0.39, 0.29) is 5.91 Å². The van der Waals surface area contributed by atoms with Gasteiger partial charge < -0.3 is 15.8 Å². The number of methoxy groups -OCH3 is 1. The smallest absolute Gasteiger partial charge is 0.255 e. The van der Waals surface area contributed by atoms with Crippen molar-refractivity contribution in [2.24, 2.45) is 5.73 Å². The van der Waals surface area contributed by atoms with Gasteiger partial charge in [0.05, 0.1) is 13.2 Å². The number of ether oxygens (including phenoxy) is 1. The number of nitrogens with two attached hydrogens (primary N) is 1. The molecule has 0 aliphatic rings. The van der Waals surface area contributed by atoms with Crippen molar-refractivity contribution in [3.05, 3.63) is 59.7 Å². The highest BCUT2D eigenvalue weighted by atomic mass is 16.5. The van der Waals surface area contributed by atoms with E-state index in [2.05, 4.69) is 5.32 Å². The van der Waals surface area contributed by atoms with E-state index in [0.29, 0.717) is 22.6 Å². The largest absolute Gasteiger partial charge is 0.497 e. The summed E-state index contributed by atoms with van der Waals surface area (Å²) in [4.78, 5) is 23.3. The fourth-order valence-corrected chi connectivity index (χ4v) is 2.01. The first-order valence-electron chi connectivity index (χ1n) is 6.79. The molecule has 2 aromatic carbocycles. The predicted octanol–water partition coefficient (Wildman–Crippen LogP) is 2.04. The molecule has 0 saturated carbocycles. The number of hydrogen-bond donors (Lipinski definition) is 2. The lowest BCUT2D eigenvalue weighted by atomic mass is 10.00. The number of primary amides is 1. The Morgan fingerprint density at radius 1 is 1.13 bits per heavy atom. The van der Waals surface area contributed by atoms with Gasteiger partial charge in [-0.1, -0.05) is 12.1 Å². The van der Waals surface area contributed by atoms with Crippen LogP contribution in [0, 0.1) is 11.3 Å². The number of benzene rings is 2. The zero-order valence-corrected chi connectivity index (χ0v) is 12.4. The second-order valence-electron chi connectivity index (χ2n) is 4.77. The summed E-state index contributed by atoms with van der Waals surface area (Å²) in [6.07, 6.45) is 0. The highest BCUT2D eigenvalue weighted by molar-refractivity contribution is 6.04. The average molecular weight is 309 g/mol. The molecule has 23 heavy (non-hydrogen) atoms. The van der Waals surface area contributed by atoms with Gasteiger partial charge in [0.1, 0.15) is 11.7 Å². The molecule has 0 spiro atoms. The molecule has 116 valence electrons. The quantitative estimate of drug-likeness (QED) is 0.881. The molecule has 0 aliphatic carbocycles. The van der Waals surface area contributed by atoms with E-state index in [1.165, 1.54) is 0 Å². The van der Waals surface area contributed by atoms with Crippen LogP contribution in [0.1, 0.15) is 21.8 Å². The molecule has 0 radical (unpaired) electrons. The highest BCUT2D eigenvalue weighted by Crippen LogP contribution is 2.19. The summed E-state index contributed by atoms with van der Waals surface area (Å²) < 4.78 is 5.04. The van der Waals surface area contributed by atoms with Crippen molar-refractivity contribution in [1.82, 2.24) is 0 Å². The average Bonchev–Trinajstić information content (AvgIpc) is 2.56. The van der Waals surface area contributed by atoms with Crippen LogP contribution < -0.4 is 15.8 Å². The number of hydrogen-bond acceptors (Lipinski definition) is 4. The van der Waals surface area contributed by atoms with Crippen LogP contribution in [-0.4, -0.2) is 18.9 Å². The van der Waals surface area contributed by atoms with Gasteiger partial charge in [0.2, 0.25) is 5.91 Å². The second-order valence-corrected chi connectivity index (χ2v) is 4.77. The molecular formula is C17H15N3O3. The summed E-state index contributed by atoms with van der Waals surface area (Å²) in [6, 6.07) is 14.9. The van der Waals surface area contributed by atoms with E-state index in [4.69, 9.17) is 15.7 Å². The van der Waals surface area contributed by atoms with Gasteiger partial charge in [-0.15, -0.1) is 0 Å². The molecule has 0 aliphatic heterocycles. The first-order valence-corrected chi connectivity index (χ1v) is 6.79. The molecule has 1 unspecified atom stereocenters. The fraction of sp³-hybridized carbons (Fsp3) is 0.118. The lowest BCUT2D eigenvalue weighted by Crippen LogP contribution is -2.20. The molecule has 2 rings (SSSR count). The van der Waals surface area contributed by atoms with Crippen molar-refractivity contribution in [3.8, 4) is 11.8 Å². The maximum Gasteiger partial charge on any atom is 0.255 e. The number of nitrogens with zero attached hydrogens (tertiary/aromatic N) is 1. The maximum atomic E-state index is 12.1. The minimum absolute atomic E-state index is 0.271. The summed E-state index contributed by atoms with van der Waals surface area (Å²) in [6.45, 7) is 0. The molecule has 2 aromatic rings. The Labute approximate surface area is 133 Å². The Morgan fingerprint density at radius 3 is 2.22 bits per heavy atom. The van der Waals surface area contributed by atoms with E-state index < -0.39 is 11.8 Å². The van der Waals surface area contributed by atoms with Crippen molar-refractivity contribution in [1.29, 1.82) is 5.26 Å². The van der Waals surface area contributed by atoms with E-state index in [0.717, 1.165) is 0 Å². The third-order valence-corrected chi connectivity index (χ3v) is 3.27. The van der Waals surface area contributed by atoms with Crippen molar-refractivity contribution < 1.29 is 14.3 Å². The van der Waals surface area contributed by atoms with Crippen LogP contribution in [0.15, 0.2) is 48.5 Å². The lowest BCUT2D eigenvalue weighted by molar-refractivity contribution is -0.118. The lowest BCUT2D eigenvalue weighted by Gasteiger charge is -2.08. The molecule has 2 amide bonds. The number of carbonyl (C=O) groups excluding carboxylic acids is 2. The van der Waals surface area contributed by atoms with Gasteiger partial charge in [0.25, 0.3) is 5.91 Å². The summed E-state index contributed by atoms with van der Waals surface area (Å²) >= 11 is 0. The number of anilines is 1. The Balaban J connectivity index is 2.09. The Morgan fingerprint density at radius 2 is 1.74 bits per heavy atom. The fourth-order valence-electron chi connectivity index (χ4n) is 2.01. The number of rotatable bonds is 5. The number of amides is 2. The molecule has 0 fully saturated rings. The van der Waals surface area contributed by atoms with Crippen LogP contribution in [-0.2, 0) is 4.79 Å². The first-order chi connectivity index (χ1) is 11.0. The monoisotopic (exact) mass is 309 g/mol. The Kier molecular flexibility index (Phi) is 4.95. The van der Waals surface area contributed by atoms with Gasteiger partial charge in [0, 0.05) is 11.3 Å². The van der Waals surface area contributed by atoms with Gasteiger partial charge in [-0.25, -0.2) is 0 Å². The van der Waals surface area contributed by atoms with Gasteiger partial charge in [0.15, 0.2) is 0 Å². The SMILES string of the molecule is COc1ccc(C(=O)Nc2ccc(C(C#N)C(N)=O)cc2)cc1. The molecule has 6 nitrogen and oxygen atoms in total. The van der Waals surface area contributed by atoms with Crippen molar-refractivity contribution in [3.63, 3.8) is 0 Å². The molecule has 0 bridgehead atoms. The van der Waals surface area contributed by atoms with E-state index >= 15 is 0 Å². The minimum atomic E-state index is -0.999. The summed E-state index contributed by atoms with van der Waals surface area (Å²) in [5, 5.41) is 11.7. The van der Waals surface area contributed by atoms with Crippen molar-refractivity contribution in [2.45, 2.75) is 5.92 Å². The first kappa shape index (κ1) is 16.0. The van der Waals surface area contributed by atoms with Gasteiger partial charge in [-0.2, -0.15) is 5.26 Å². The van der Waals surface area contributed by atoms with Crippen LogP contribution in [0.3, 0.4) is 0 Å². The number of carbonyl (C=O) groups is 2. The van der Waals surface area contributed by atoms with Gasteiger partial charge in [-0.3, -0.25) is 9.59 Å². The standard InChI is InChI=1S/C17H15N3O3/c1-23-14-8-4-12(5-9-14)17(22)20-13-6-2-11(3-7-13)15(10-18)16(19)21/h2-9,15H,1H3,(H2,19,21)(H,20,22). The molecule has 3 N–H and O–H groups in total. The molecular weight excluding hydrogens is 294 g/mol. The van der Waals surface area contributed by atoms with Crippen LogP contribution in [0.2, 0.25) is 0 Å². The summed E-state index contributed by atoms with van der Waals surface area (Å²) in [5.74, 6) is -1.31. The number of nitriles is 1. The second kappa shape index (κ2) is 7.09. The van der Waals surface area contributed by atoms with Crippen molar-refractivity contribution >= 4 is 17.5 Å². The summed E-state index contributed by atoms with van der Waals surface area (Å²) in [5.41, 5.74) is 6.68. The van der Waals surface area contributed by atoms with Crippen LogP contribution in [0.25, 0.3) is 0 Å². The van der Waals surface area contributed by atoms with Gasteiger partial charge in [-0.05, 0) is 42.0 Å². The Bertz CT molecular complexity index is 746. The highest BCUT2D eigenvalue weighted by Gasteiger charge is 2.16. The predicted molar refractivity (Wildman–Crippen MR) is 84.9 cm³/mol. The molecule has 1 atom stereocenters. The van der Waals surface area contributed by atoms with Crippen LogP contribution in [0.4, 0.5) is 5.69 Å². The third kappa shape index (κ3) is 3.86.